The summed E-state index contributed by atoms with van der Waals surface area (Å²) < 4.78 is 0. The molecule has 19 heavy (non-hydrogen) atoms. The summed E-state index contributed by atoms with van der Waals surface area (Å²) in [5.74, 6) is 0.792. The molecule has 0 bridgehead atoms. The van der Waals surface area contributed by atoms with E-state index in [4.69, 9.17) is 0 Å². The molecule has 1 aromatic rings. The van der Waals surface area contributed by atoms with Gasteiger partial charge in [0.1, 0.15) is 0 Å². The minimum atomic E-state index is 0.511. The van der Waals surface area contributed by atoms with Gasteiger partial charge in [-0.3, -0.25) is 0 Å². The lowest BCUT2D eigenvalue weighted by Crippen LogP contribution is -2.26. The number of benzene rings is 1. The van der Waals surface area contributed by atoms with Gasteiger partial charge in [-0.2, -0.15) is 0 Å². The fourth-order valence-electron chi connectivity index (χ4n) is 3.16. The molecule has 1 saturated carbocycles. The molecular weight excluding hydrogens is 230 g/mol. The van der Waals surface area contributed by atoms with Gasteiger partial charge in [0.25, 0.3) is 0 Å². The number of hydrogen-bond acceptors (Lipinski definition) is 1. The van der Waals surface area contributed by atoms with Crippen molar-refractivity contribution in [2.24, 2.45) is 11.3 Å². The van der Waals surface area contributed by atoms with Gasteiger partial charge in [0.15, 0.2) is 0 Å². The topological polar surface area (TPSA) is 12.0 Å². The van der Waals surface area contributed by atoms with Crippen LogP contribution >= 0.6 is 0 Å². The van der Waals surface area contributed by atoms with Gasteiger partial charge in [0.2, 0.25) is 0 Å². The number of rotatable bonds is 5. The second-order valence-corrected chi connectivity index (χ2v) is 7.02. The van der Waals surface area contributed by atoms with Crippen LogP contribution in [0, 0.1) is 32.1 Å². The Kier molecular flexibility index (Phi) is 4.06. The highest BCUT2D eigenvalue weighted by atomic mass is 14.9. The van der Waals surface area contributed by atoms with E-state index in [9.17, 15) is 0 Å². The van der Waals surface area contributed by atoms with E-state index in [2.05, 4.69) is 59.0 Å². The fraction of sp³-hybridized carbons (Fsp3) is 0.667. The first-order chi connectivity index (χ1) is 8.86. The molecule has 2 atom stereocenters. The smallest absolute Gasteiger partial charge is 0.0356 e. The van der Waals surface area contributed by atoms with Crippen LogP contribution in [0.2, 0.25) is 0 Å². The highest BCUT2D eigenvalue weighted by Crippen LogP contribution is 2.58. The van der Waals surface area contributed by atoms with E-state index in [1.54, 1.807) is 0 Å². The first kappa shape index (κ1) is 14.6. The van der Waals surface area contributed by atoms with Gasteiger partial charge >= 0.3 is 0 Å². The van der Waals surface area contributed by atoms with E-state index in [0.717, 1.165) is 12.5 Å². The third-order valence-corrected chi connectivity index (χ3v) is 4.82. The summed E-state index contributed by atoms with van der Waals surface area (Å²) in [5.41, 5.74) is 6.30. The Hall–Kier alpha value is -0.820. The van der Waals surface area contributed by atoms with Crippen LogP contribution in [0.4, 0.5) is 0 Å². The lowest BCUT2D eigenvalue weighted by atomic mass is 9.91. The fourth-order valence-corrected chi connectivity index (χ4v) is 3.16. The molecular formula is C18H29N. The van der Waals surface area contributed by atoms with E-state index in [1.165, 1.54) is 35.1 Å². The van der Waals surface area contributed by atoms with E-state index < -0.39 is 0 Å². The van der Waals surface area contributed by atoms with Crippen LogP contribution in [-0.4, -0.2) is 6.54 Å². The maximum absolute atomic E-state index is 3.79. The van der Waals surface area contributed by atoms with Crippen LogP contribution in [0.25, 0.3) is 0 Å². The molecule has 2 unspecified atom stereocenters. The molecule has 1 aliphatic rings. The molecule has 0 amide bonds. The molecule has 106 valence electrons. The third kappa shape index (κ3) is 3.02. The van der Waals surface area contributed by atoms with Gasteiger partial charge in [-0.1, -0.05) is 32.9 Å². The van der Waals surface area contributed by atoms with Crippen molar-refractivity contribution in [1.29, 1.82) is 0 Å². The lowest BCUT2D eigenvalue weighted by molar-refractivity contribution is 0.414. The molecule has 2 rings (SSSR count). The first-order valence-electron chi connectivity index (χ1n) is 7.68. The summed E-state index contributed by atoms with van der Waals surface area (Å²) in [6.07, 6.45) is 2.55. The van der Waals surface area contributed by atoms with Crippen LogP contribution < -0.4 is 5.32 Å². The Morgan fingerprint density at radius 1 is 1.16 bits per heavy atom. The van der Waals surface area contributed by atoms with Crippen LogP contribution in [0.5, 0.6) is 0 Å². The molecule has 1 N–H and O–H groups in total. The van der Waals surface area contributed by atoms with Gasteiger partial charge in [0.05, 0.1) is 0 Å². The molecule has 0 spiro atoms. The van der Waals surface area contributed by atoms with Crippen molar-refractivity contribution in [3.8, 4) is 0 Å². The highest BCUT2D eigenvalue weighted by molar-refractivity contribution is 5.39. The van der Waals surface area contributed by atoms with Gasteiger partial charge in [0, 0.05) is 6.04 Å². The Morgan fingerprint density at radius 3 is 2.26 bits per heavy atom. The summed E-state index contributed by atoms with van der Waals surface area (Å²) in [6, 6.07) is 5.29. The summed E-state index contributed by atoms with van der Waals surface area (Å²) in [7, 11) is 0. The van der Waals surface area contributed by atoms with Crippen molar-refractivity contribution in [3.63, 3.8) is 0 Å². The van der Waals surface area contributed by atoms with Crippen molar-refractivity contribution in [2.45, 2.75) is 60.4 Å². The molecule has 0 aromatic heterocycles. The quantitative estimate of drug-likeness (QED) is 0.808. The zero-order chi connectivity index (χ0) is 14.2. The molecule has 0 saturated heterocycles. The molecule has 0 heterocycles. The molecule has 1 heteroatoms. The summed E-state index contributed by atoms with van der Waals surface area (Å²) >= 11 is 0. The first-order valence-corrected chi connectivity index (χ1v) is 7.68. The lowest BCUT2D eigenvalue weighted by Gasteiger charge is -2.24. The predicted octanol–water partition coefficient (Wildman–Crippen LogP) is 4.70. The third-order valence-electron chi connectivity index (χ3n) is 4.82. The number of aryl methyl sites for hydroxylation is 3. The molecule has 1 aromatic carbocycles. The summed E-state index contributed by atoms with van der Waals surface area (Å²) in [6.45, 7) is 14.9. The van der Waals surface area contributed by atoms with Crippen LogP contribution in [-0.2, 0) is 0 Å². The maximum atomic E-state index is 3.79. The predicted molar refractivity (Wildman–Crippen MR) is 83.6 cm³/mol. The standard InChI is InChI=1S/C18H29N/c1-7-8-19-17(16-11-18(16,5)6)15-10-13(3)12(2)9-14(15)4/h9-10,16-17,19H,7-8,11H2,1-6H3. The zero-order valence-electron chi connectivity index (χ0n) is 13.4. The van der Waals surface area contributed by atoms with Crippen LogP contribution in [0.3, 0.4) is 0 Å². The zero-order valence-corrected chi connectivity index (χ0v) is 13.4. The van der Waals surface area contributed by atoms with E-state index in [-0.39, 0.29) is 0 Å². The minimum Gasteiger partial charge on any atom is -0.310 e. The van der Waals surface area contributed by atoms with Crippen molar-refractivity contribution in [2.75, 3.05) is 6.54 Å². The van der Waals surface area contributed by atoms with Crippen molar-refractivity contribution >= 4 is 0 Å². The Balaban J connectivity index is 2.30. The largest absolute Gasteiger partial charge is 0.310 e. The SMILES string of the molecule is CCCNC(c1cc(C)c(C)cc1C)C1CC1(C)C. The highest BCUT2D eigenvalue weighted by Gasteiger charge is 2.50. The van der Waals surface area contributed by atoms with E-state index in [1.807, 2.05) is 0 Å². The average Bonchev–Trinajstić information content (AvgIpc) is 2.95. The maximum Gasteiger partial charge on any atom is 0.0356 e. The van der Waals surface area contributed by atoms with Crippen molar-refractivity contribution in [3.05, 3.63) is 34.4 Å². The second kappa shape index (κ2) is 5.28. The van der Waals surface area contributed by atoms with Gasteiger partial charge in [-0.25, -0.2) is 0 Å². The number of nitrogens with one attached hydrogen (secondary N) is 1. The van der Waals surface area contributed by atoms with Crippen LogP contribution in [0.1, 0.15) is 61.9 Å². The molecule has 1 fully saturated rings. The number of hydrogen-bond donors (Lipinski definition) is 1. The molecule has 0 radical (unpaired) electrons. The molecule has 1 nitrogen and oxygen atoms in total. The monoisotopic (exact) mass is 259 g/mol. The van der Waals surface area contributed by atoms with E-state index >= 15 is 0 Å². The normalized spacial score (nSPS) is 22.3. The van der Waals surface area contributed by atoms with Gasteiger partial charge in [-0.05, 0) is 73.7 Å². The Labute approximate surface area is 118 Å². The average molecular weight is 259 g/mol. The summed E-state index contributed by atoms with van der Waals surface area (Å²) in [5, 5.41) is 3.79. The van der Waals surface area contributed by atoms with Crippen LogP contribution in [0.15, 0.2) is 12.1 Å². The van der Waals surface area contributed by atoms with Gasteiger partial charge in [-0.15, -0.1) is 0 Å². The Morgan fingerprint density at radius 2 is 1.74 bits per heavy atom. The molecule has 0 aliphatic heterocycles. The van der Waals surface area contributed by atoms with Crippen molar-refractivity contribution < 1.29 is 0 Å². The van der Waals surface area contributed by atoms with Crippen molar-refractivity contribution in [1.82, 2.24) is 5.32 Å². The molecule has 1 aliphatic carbocycles. The minimum absolute atomic E-state index is 0.511. The summed E-state index contributed by atoms with van der Waals surface area (Å²) in [4.78, 5) is 0. The van der Waals surface area contributed by atoms with Gasteiger partial charge < -0.3 is 5.32 Å². The second-order valence-electron chi connectivity index (χ2n) is 7.02. The van der Waals surface area contributed by atoms with E-state index in [0.29, 0.717) is 11.5 Å². The Bertz CT molecular complexity index is 459.